The molecule has 6 N–H and O–H groups in total. The van der Waals surface area contributed by atoms with Crippen molar-refractivity contribution in [3.05, 3.63) is 208 Å². The van der Waals surface area contributed by atoms with Crippen LogP contribution in [-0.4, -0.2) is 55.8 Å². The number of benzene rings is 7. The normalized spacial score (nSPS) is 11.5. The van der Waals surface area contributed by atoms with Gasteiger partial charge >= 0.3 is 11.9 Å². The molecule has 7 aromatic carbocycles. The number of carbonyl (C=O) groups is 2. The van der Waals surface area contributed by atoms with Gasteiger partial charge in [-0.15, -0.1) is 0 Å². The Bertz CT molecular complexity index is 2930. The topological polar surface area (TPSA) is 174 Å². The minimum Gasteiger partial charge on any atom is -0.508 e. The quantitative estimate of drug-likeness (QED) is 0.0543. The lowest BCUT2D eigenvalue weighted by atomic mass is 9.71. The number of rotatable bonds is 15. The molecule has 0 saturated heterocycles. The maximum Gasteiger partial charge on any atom is 0.341 e. The molecule has 368 valence electrons. The van der Waals surface area contributed by atoms with Crippen LogP contribution >= 0.6 is 0 Å². The first-order valence-corrected chi connectivity index (χ1v) is 23.7. The first-order chi connectivity index (χ1) is 33.5. The minimum atomic E-state index is -1.14. The average Bonchev–Trinajstić information content (AvgIpc) is 3.30. The zero-order chi connectivity index (χ0) is 51.9. The Labute approximate surface area is 416 Å². The summed E-state index contributed by atoms with van der Waals surface area (Å²) in [4.78, 5) is 24.7. The Balaban J connectivity index is 1.66. The van der Waals surface area contributed by atoms with Crippen LogP contribution in [0.1, 0.15) is 135 Å². The van der Waals surface area contributed by atoms with Crippen molar-refractivity contribution in [1.29, 1.82) is 0 Å². The molecule has 0 aliphatic rings. The number of aryl methyl sites for hydroxylation is 10. The third-order valence-electron chi connectivity index (χ3n) is 14.2. The third-order valence-corrected chi connectivity index (χ3v) is 14.2. The summed E-state index contributed by atoms with van der Waals surface area (Å²) in [6, 6.07) is 29.0. The second-order valence-corrected chi connectivity index (χ2v) is 19.4. The van der Waals surface area contributed by atoms with Gasteiger partial charge in [0.1, 0.15) is 34.5 Å². The summed E-state index contributed by atoms with van der Waals surface area (Å²) in [5.41, 5.74) is 16.5. The van der Waals surface area contributed by atoms with Crippen molar-refractivity contribution in [2.75, 3.05) is 13.2 Å². The molecule has 0 aliphatic carbocycles. The van der Waals surface area contributed by atoms with E-state index in [9.17, 15) is 40.2 Å². The van der Waals surface area contributed by atoms with E-state index in [0.29, 0.717) is 44.9 Å². The number of ether oxygens (including phenoxy) is 2. The molecule has 0 amide bonds. The lowest BCUT2D eigenvalue weighted by molar-refractivity contribution is -0.140. The fraction of sp³-hybridized carbons (Fsp3) is 0.279. The smallest absolute Gasteiger partial charge is 0.341 e. The maximum absolute atomic E-state index is 12.3. The summed E-state index contributed by atoms with van der Waals surface area (Å²) in [5, 5.41) is 64.1. The molecular weight excluding hydrogens is 893 g/mol. The van der Waals surface area contributed by atoms with Gasteiger partial charge in [0, 0.05) is 28.9 Å². The first-order valence-electron chi connectivity index (χ1n) is 23.7. The Kier molecular flexibility index (Phi) is 14.6. The van der Waals surface area contributed by atoms with Gasteiger partial charge in [0.2, 0.25) is 0 Å². The Morgan fingerprint density at radius 3 is 0.944 bits per heavy atom. The van der Waals surface area contributed by atoms with Crippen LogP contribution in [0.4, 0.5) is 0 Å². The van der Waals surface area contributed by atoms with Crippen molar-refractivity contribution in [2.24, 2.45) is 0 Å². The predicted molar refractivity (Wildman–Crippen MR) is 278 cm³/mol. The van der Waals surface area contributed by atoms with E-state index in [2.05, 4.69) is 24.3 Å². The molecule has 0 atom stereocenters. The van der Waals surface area contributed by atoms with Gasteiger partial charge in [-0.2, -0.15) is 0 Å². The summed E-state index contributed by atoms with van der Waals surface area (Å²) in [6.45, 7) is 21.8. The van der Waals surface area contributed by atoms with Gasteiger partial charge in [0.15, 0.2) is 13.2 Å². The van der Waals surface area contributed by atoms with E-state index in [1.165, 1.54) is 0 Å². The van der Waals surface area contributed by atoms with Crippen molar-refractivity contribution in [2.45, 2.75) is 101 Å². The predicted octanol–water partition coefficient (Wildman–Crippen LogP) is 12.7. The van der Waals surface area contributed by atoms with Crippen LogP contribution in [-0.2, 0) is 9.59 Å². The number of phenols is 4. The highest BCUT2D eigenvalue weighted by atomic mass is 16.5. The number of aliphatic carboxylic acids is 2. The first kappa shape index (κ1) is 51.1. The number of carboxylic acid groups (broad SMARTS) is 2. The number of aromatic hydroxyl groups is 4. The van der Waals surface area contributed by atoms with Crippen LogP contribution in [0.15, 0.2) is 91.0 Å². The number of hydrogen-bond donors (Lipinski definition) is 6. The molecule has 71 heavy (non-hydrogen) atoms. The fourth-order valence-electron chi connectivity index (χ4n) is 10.5. The maximum atomic E-state index is 12.3. The van der Waals surface area contributed by atoms with Crippen molar-refractivity contribution in [3.63, 3.8) is 0 Å². The van der Waals surface area contributed by atoms with Crippen LogP contribution in [0.3, 0.4) is 0 Å². The van der Waals surface area contributed by atoms with Crippen LogP contribution < -0.4 is 9.47 Å². The second-order valence-electron chi connectivity index (χ2n) is 19.4. The average molecular weight is 957 g/mol. The van der Waals surface area contributed by atoms with Gasteiger partial charge in [-0.3, -0.25) is 0 Å². The standard InChI is InChI=1S/C61H64O10/c1-30-24-49(62)34(5)18-43(30)58(44-19-35(6)50(63)25-31(44)2)55-40(11)47(22-38(9)60(55)70-28-53(66)67)57(42-16-14-13-15-17-42)48-23-39(10)61(71-29-54(68)69)56(41(48)12)59(45-20-36(7)51(64)26-32(45)3)46-21-37(8)52(65)27-33(46)4/h13-27,57-59,62-65H,28-29H2,1-12H3,(H,66,67)(H,68,69). The molecule has 0 fully saturated rings. The van der Waals surface area contributed by atoms with E-state index in [1.54, 1.807) is 24.3 Å². The summed E-state index contributed by atoms with van der Waals surface area (Å²) in [7, 11) is 0. The third kappa shape index (κ3) is 10.0. The highest BCUT2D eigenvalue weighted by Crippen LogP contribution is 2.52. The van der Waals surface area contributed by atoms with E-state index >= 15 is 0 Å². The van der Waals surface area contributed by atoms with Gasteiger partial charge < -0.3 is 40.1 Å². The van der Waals surface area contributed by atoms with E-state index in [1.807, 2.05) is 126 Å². The van der Waals surface area contributed by atoms with Gasteiger partial charge in [-0.25, -0.2) is 9.59 Å². The fourth-order valence-corrected chi connectivity index (χ4v) is 10.5. The van der Waals surface area contributed by atoms with Gasteiger partial charge in [0.05, 0.1) is 0 Å². The molecule has 0 unspecified atom stereocenters. The highest BCUT2D eigenvalue weighted by Gasteiger charge is 2.35. The number of carboxylic acids is 2. The lowest BCUT2D eigenvalue weighted by Crippen LogP contribution is -2.20. The summed E-state index contributed by atoms with van der Waals surface area (Å²) in [6.07, 6.45) is 0. The Morgan fingerprint density at radius 2 is 0.662 bits per heavy atom. The van der Waals surface area contributed by atoms with Crippen LogP contribution in [0.5, 0.6) is 34.5 Å². The zero-order valence-electron chi connectivity index (χ0n) is 42.6. The van der Waals surface area contributed by atoms with Crippen LogP contribution in [0.2, 0.25) is 0 Å². The molecule has 0 heterocycles. The van der Waals surface area contributed by atoms with Crippen molar-refractivity contribution < 1.29 is 49.7 Å². The van der Waals surface area contributed by atoms with E-state index < -0.39 is 42.9 Å². The van der Waals surface area contributed by atoms with Crippen LogP contribution in [0, 0.1) is 83.1 Å². The SMILES string of the molecule is Cc1cc(C(c2cc(C)c(O)cc2C)c2c(C)c(C(c3ccccc3)c3cc(C)c(OCC(=O)O)c(C(c4cc(C)c(O)cc4C)c4cc(C)c(O)cc4C)c3C)cc(C)c2OCC(=O)O)c(C)cc1O. The van der Waals surface area contributed by atoms with E-state index in [4.69, 9.17) is 9.47 Å². The molecule has 10 nitrogen and oxygen atoms in total. The van der Waals surface area contributed by atoms with Crippen molar-refractivity contribution >= 4 is 11.9 Å². The van der Waals surface area contributed by atoms with Crippen LogP contribution in [0.25, 0.3) is 0 Å². The van der Waals surface area contributed by atoms with Crippen molar-refractivity contribution in [3.8, 4) is 34.5 Å². The molecule has 0 bridgehead atoms. The second kappa shape index (κ2) is 20.3. The van der Waals surface area contributed by atoms with Gasteiger partial charge in [0.25, 0.3) is 0 Å². The Morgan fingerprint density at radius 1 is 0.380 bits per heavy atom. The monoisotopic (exact) mass is 956 g/mol. The Hall–Kier alpha value is -7.72. The molecule has 7 rings (SSSR count). The van der Waals surface area contributed by atoms with Gasteiger partial charge in [-0.1, -0.05) is 66.7 Å². The van der Waals surface area contributed by atoms with E-state index in [0.717, 1.165) is 83.5 Å². The number of hydrogen-bond acceptors (Lipinski definition) is 8. The summed E-state index contributed by atoms with van der Waals surface area (Å²) >= 11 is 0. The summed E-state index contributed by atoms with van der Waals surface area (Å²) in [5.74, 6) is -2.55. The highest BCUT2D eigenvalue weighted by molar-refractivity contribution is 5.72. The summed E-state index contributed by atoms with van der Waals surface area (Å²) < 4.78 is 12.8. The largest absolute Gasteiger partial charge is 0.508 e. The van der Waals surface area contributed by atoms with E-state index in [-0.39, 0.29) is 23.0 Å². The van der Waals surface area contributed by atoms with Crippen molar-refractivity contribution in [1.82, 2.24) is 0 Å². The van der Waals surface area contributed by atoms with Gasteiger partial charge in [-0.05, 0) is 213 Å². The number of phenolic OH excluding ortho intramolecular Hbond substituents is 4. The zero-order valence-corrected chi connectivity index (χ0v) is 42.6. The molecule has 0 aliphatic heterocycles. The molecule has 7 aromatic rings. The lowest BCUT2D eigenvalue weighted by Gasteiger charge is -2.33. The minimum absolute atomic E-state index is 0.141. The molecule has 0 aromatic heterocycles. The molecule has 0 saturated carbocycles. The molecule has 0 spiro atoms. The molecular formula is C61H64O10. The molecule has 0 radical (unpaired) electrons. The molecule has 10 heteroatoms.